The Morgan fingerprint density at radius 1 is 1.28 bits per heavy atom. The average Bonchev–Trinajstić information content (AvgIpc) is 2.38. The number of pyridine rings is 1. The first-order valence-electron chi connectivity index (χ1n) is 5.40. The molecule has 0 saturated carbocycles. The van der Waals surface area contributed by atoms with Crippen LogP contribution in [0.3, 0.4) is 0 Å². The van der Waals surface area contributed by atoms with E-state index in [0.717, 1.165) is 0 Å². The minimum Gasteiger partial charge on any atom is -0.355 e. The normalized spacial score (nSPS) is 9.89. The fourth-order valence-corrected chi connectivity index (χ4v) is 1.53. The number of amides is 1. The number of carbonyl (C=O) groups excluding carboxylic acids is 1. The third-order valence-corrected chi connectivity index (χ3v) is 2.37. The minimum atomic E-state index is -0.350. The van der Waals surface area contributed by atoms with E-state index in [2.05, 4.69) is 15.6 Å². The van der Waals surface area contributed by atoms with E-state index in [-0.39, 0.29) is 11.7 Å². The summed E-state index contributed by atoms with van der Waals surface area (Å²) in [5, 5.41) is 5.44. The van der Waals surface area contributed by atoms with Crippen molar-refractivity contribution in [3.8, 4) is 0 Å². The van der Waals surface area contributed by atoms with Gasteiger partial charge in [0.05, 0.1) is 5.56 Å². The van der Waals surface area contributed by atoms with Gasteiger partial charge in [-0.3, -0.25) is 4.79 Å². The van der Waals surface area contributed by atoms with Crippen LogP contribution in [0.4, 0.5) is 15.9 Å². The maximum Gasteiger partial charge on any atom is 0.254 e. The molecule has 1 heterocycles. The van der Waals surface area contributed by atoms with E-state index in [9.17, 15) is 9.18 Å². The third kappa shape index (κ3) is 2.63. The van der Waals surface area contributed by atoms with Crippen molar-refractivity contribution < 1.29 is 9.18 Å². The van der Waals surface area contributed by atoms with Gasteiger partial charge >= 0.3 is 0 Å². The SMILES string of the molecule is CNC(=O)c1cccnc1Nc1cccc(F)c1. The third-order valence-electron chi connectivity index (χ3n) is 2.37. The number of halogens is 1. The molecule has 92 valence electrons. The molecule has 1 aromatic carbocycles. The minimum absolute atomic E-state index is 0.248. The molecule has 1 aromatic heterocycles. The monoisotopic (exact) mass is 245 g/mol. The molecule has 2 N–H and O–H groups in total. The van der Waals surface area contributed by atoms with Crippen molar-refractivity contribution >= 4 is 17.4 Å². The zero-order chi connectivity index (χ0) is 13.0. The molecule has 0 saturated heterocycles. The first-order chi connectivity index (χ1) is 8.70. The van der Waals surface area contributed by atoms with E-state index in [0.29, 0.717) is 17.1 Å². The van der Waals surface area contributed by atoms with Gasteiger partial charge in [0, 0.05) is 18.9 Å². The highest BCUT2D eigenvalue weighted by molar-refractivity contribution is 5.99. The molecular formula is C13H12FN3O. The highest BCUT2D eigenvalue weighted by Crippen LogP contribution is 2.18. The van der Waals surface area contributed by atoms with E-state index >= 15 is 0 Å². The Kier molecular flexibility index (Phi) is 3.52. The van der Waals surface area contributed by atoms with E-state index in [1.165, 1.54) is 12.1 Å². The average molecular weight is 245 g/mol. The maximum atomic E-state index is 13.1. The van der Waals surface area contributed by atoms with Gasteiger partial charge in [-0.15, -0.1) is 0 Å². The zero-order valence-corrected chi connectivity index (χ0v) is 9.77. The molecule has 4 nitrogen and oxygen atoms in total. The lowest BCUT2D eigenvalue weighted by atomic mass is 10.2. The second-order valence-corrected chi connectivity index (χ2v) is 3.61. The van der Waals surface area contributed by atoms with Crippen LogP contribution in [-0.2, 0) is 0 Å². The number of aromatic nitrogens is 1. The van der Waals surface area contributed by atoms with Crippen LogP contribution in [0.1, 0.15) is 10.4 Å². The van der Waals surface area contributed by atoms with Crippen molar-refractivity contribution in [2.75, 3.05) is 12.4 Å². The topological polar surface area (TPSA) is 54.0 Å². The van der Waals surface area contributed by atoms with E-state index in [4.69, 9.17) is 0 Å². The summed E-state index contributed by atoms with van der Waals surface area (Å²) in [5.41, 5.74) is 0.947. The molecule has 0 fully saturated rings. The van der Waals surface area contributed by atoms with Crippen LogP contribution >= 0.6 is 0 Å². The molecule has 0 spiro atoms. The van der Waals surface area contributed by atoms with Gasteiger partial charge in [-0.2, -0.15) is 0 Å². The Bertz CT molecular complexity index is 572. The van der Waals surface area contributed by atoms with Gasteiger partial charge in [-0.25, -0.2) is 9.37 Å². The van der Waals surface area contributed by atoms with Gasteiger partial charge in [-0.05, 0) is 30.3 Å². The molecule has 18 heavy (non-hydrogen) atoms. The highest BCUT2D eigenvalue weighted by atomic mass is 19.1. The lowest BCUT2D eigenvalue weighted by Gasteiger charge is -2.09. The van der Waals surface area contributed by atoms with Crippen molar-refractivity contribution in [3.05, 3.63) is 54.0 Å². The van der Waals surface area contributed by atoms with Crippen molar-refractivity contribution in [2.24, 2.45) is 0 Å². The molecule has 0 unspecified atom stereocenters. The molecule has 0 aliphatic carbocycles. The van der Waals surface area contributed by atoms with Crippen molar-refractivity contribution in [1.82, 2.24) is 10.3 Å². The van der Waals surface area contributed by atoms with E-state index < -0.39 is 0 Å². The number of nitrogens with zero attached hydrogens (tertiary/aromatic N) is 1. The largest absolute Gasteiger partial charge is 0.355 e. The van der Waals surface area contributed by atoms with Crippen molar-refractivity contribution in [2.45, 2.75) is 0 Å². The van der Waals surface area contributed by atoms with Gasteiger partial charge in [0.1, 0.15) is 11.6 Å². The second-order valence-electron chi connectivity index (χ2n) is 3.61. The van der Waals surface area contributed by atoms with Crippen molar-refractivity contribution in [1.29, 1.82) is 0 Å². The predicted molar refractivity (Wildman–Crippen MR) is 67.3 cm³/mol. The predicted octanol–water partition coefficient (Wildman–Crippen LogP) is 2.32. The molecule has 1 amide bonds. The van der Waals surface area contributed by atoms with Gasteiger partial charge in [-0.1, -0.05) is 6.07 Å². The summed E-state index contributed by atoms with van der Waals surface area (Å²) in [6, 6.07) is 9.28. The van der Waals surface area contributed by atoms with Crippen LogP contribution in [0.2, 0.25) is 0 Å². The molecule has 5 heteroatoms. The Hall–Kier alpha value is -2.43. The number of carbonyl (C=O) groups is 1. The Morgan fingerprint density at radius 3 is 2.83 bits per heavy atom. The number of hydrogen-bond donors (Lipinski definition) is 2. The van der Waals surface area contributed by atoms with Crippen LogP contribution in [-0.4, -0.2) is 17.9 Å². The number of nitrogens with one attached hydrogen (secondary N) is 2. The smallest absolute Gasteiger partial charge is 0.254 e. The molecule has 0 radical (unpaired) electrons. The standard InChI is InChI=1S/C13H12FN3O/c1-15-13(18)11-6-3-7-16-12(11)17-10-5-2-4-9(14)8-10/h2-8H,1H3,(H,15,18)(H,16,17). The van der Waals surface area contributed by atoms with Crippen molar-refractivity contribution in [3.63, 3.8) is 0 Å². The van der Waals surface area contributed by atoms with E-state index in [1.54, 1.807) is 37.5 Å². The van der Waals surface area contributed by atoms with Gasteiger partial charge in [0.2, 0.25) is 0 Å². The summed E-state index contributed by atoms with van der Waals surface area (Å²) in [7, 11) is 1.54. The number of anilines is 2. The quantitative estimate of drug-likeness (QED) is 0.872. The van der Waals surface area contributed by atoms with Gasteiger partial charge in [0.25, 0.3) is 5.91 Å². The maximum absolute atomic E-state index is 13.1. The molecule has 0 aliphatic rings. The molecular weight excluding hydrogens is 233 g/mol. The summed E-state index contributed by atoms with van der Waals surface area (Å²) in [4.78, 5) is 15.7. The molecule has 2 rings (SSSR count). The second kappa shape index (κ2) is 5.27. The van der Waals surface area contributed by atoms with Crippen LogP contribution in [0, 0.1) is 5.82 Å². The number of rotatable bonds is 3. The summed E-state index contributed by atoms with van der Waals surface area (Å²) in [6.07, 6.45) is 1.56. The summed E-state index contributed by atoms with van der Waals surface area (Å²) in [5.74, 6) is -0.207. The van der Waals surface area contributed by atoms with Crippen LogP contribution in [0.25, 0.3) is 0 Å². The highest BCUT2D eigenvalue weighted by Gasteiger charge is 2.10. The molecule has 0 aliphatic heterocycles. The Labute approximate surface area is 104 Å². The fourth-order valence-electron chi connectivity index (χ4n) is 1.53. The lowest BCUT2D eigenvalue weighted by Crippen LogP contribution is -2.19. The van der Waals surface area contributed by atoms with Crippen LogP contribution < -0.4 is 10.6 Å². The molecule has 0 bridgehead atoms. The molecule has 0 atom stereocenters. The lowest BCUT2D eigenvalue weighted by molar-refractivity contribution is 0.0963. The first-order valence-corrected chi connectivity index (χ1v) is 5.40. The Morgan fingerprint density at radius 2 is 2.11 bits per heavy atom. The summed E-state index contributed by atoms with van der Waals surface area (Å²) < 4.78 is 13.1. The number of hydrogen-bond acceptors (Lipinski definition) is 3. The first kappa shape index (κ1) is 12.0. The molecule has 2 aromatic rings. The van der Waals surface area contributed by atoms with Crippen LogP contribution in [0.15, 0.2) is 42.6 Å². The zero-order valence-electron chi connectivity index (χ0n) is 9.77. The van der Waals surface area contributed by atoms with Crippen LogP contribution in [0.5, 0.6) is 0 Å². The summed E-state index contributed by atoms with van der Waals surface area (Å²) in [6.45, 7) is 0. The van der Waals surface area contributed by atoms with Gasteiger partial charge < -0.3 is 10.6 Å². The summed E-state index contributed by atoms with van der Waals surface area (Å²) >= 11 is 0. The number of benzene rings is 1. The fraction of sp³-hybridized carbons (Fsp3) is 0.0769. The van der Waals surface area contributed by atoms with Gasteiger partial charge in [0.15, 0.2) is 0 Å². The Balaban J connectivity index is 2.32. The van der Waals surface area contributed by atoms with E-state index in [1.807, 2.05) is 0 Å².